The number of ether oxygens (including phenoxy) is 1. The Kier molecular flexibility index (Phi) is 6.97. The second-order valence-electron chi connectivity index (χ2n) is 7.62. The molecule has 1 aliphatic carbocycles. The van der Waals surface area contributed by atoms with Crippen LogP contribution >= 0.6 is 0 Å². The van der Waals surface area contributed by atoms with E-state index in [0.29, 0.717) is 6.54 Å². The summed E-state index contributed by atoms with van der Waals surface area (Å²) in [4.78, 5) is 7.47. The van der Waals surface area contributed by atoms with E-state index in [2.05, 4.69) is 45.5 Å². The van der Waals surface area contributed by atoms with E-state index in [0.717, 1.165) is 45.4 Å². The zero-order chi connectivity index (χ0) is 18.2. The summed E-state index contributed by atoms with van der Waals surface area (Å²) in [6, 6.07) is 2.13. The summed E-state index contributed by atoms with van der Waals surface area (Å²) in [5.41, 5.74) is 1.50. The molecule has 1 saturated heterocycles. The van der Waals surface area contributed by atoms with Gasteiger partial charge in [-0.05, 0) is 31.4 Å². The van der Waals surface area contributed by atoms with Crippen molar-refractivity contribution in [3.8, 4) is 0 Å². The number of aliphatic imine (C=N–C) groups is 1. The molecule has 2 fully saturated rings. The van der Waals surface area contributed by atoms with Crippen LogP contribution in [0.5, 0.6) is 0 Å². The Morgan fingerprint density at radius 3 is 2.62 bits per heavy atom. The van der Waals surface area contributed by atoms with Gasteiger partial charge in [0.25, 0.3) is 0 Å². The van der Waals surface area contributed by atoms with E-state index < -0.39 is 0 Å². The highest BCUT2D eigenvalue weighted by atomic mass is 16.5. The van der Waals surface area contributed by atoms with Crippen LogP contribution in [0.4, 0.5) is 0 Å². The maximum atomic E-state index is 5.59. The van der Waals surface area contributed by atoms with Crippen LogP contribution in [0.2, 0.25) is 0 Å². The molecule has 1 aliphatic heterocycles. The Bertz CT molecular complexity index is 571. The molecule has 0 radical (unpaired) electrons. The summed E-state index contributed by atoms with van der Waals surface area (Å²) >= 11 is 0. The van der Waals surface area contributed by atoms with Crippen LogP contribution in [0.3, 0.4) is 0 Å². The largest absolute Gasteiger partial charge is 0.379 e. The van der Waals surface area contributed by atoms with Gasteiger partial charge in [-0.2, -0.15) is 0 Å². The third-order valence-corrected chi connectivity index (χ3v) is 5.71. The first-order valence-corrected chi connectivity index (χ1v) is 10.2. The Morgan fingerprint density at radius 2 is 1.96 bits per heavy atom. The number of guanidine groups is 1. The topological polar surface area (TPSA) is 53.8 Å². The van der Waals surface area contributed by atoms with Crippen molar-refractivity contribution < 1.29 is 4.74 Å². The normalized spacial score (nSPS) is 21.5. The van der Waals surface area contributed by atoms with Gasteiger partial charge in [0, 0.05) is 51.2 Å². The molecule has 0 amide bonds. The number of hydrogen-bond acceptors (Lipinski definition) is 3. The summed E-state index contributed by atoms with van der Waals surface area (Å²) < 4.78 is 7.66. The number of morpholine rings is 1. The van der Waals surface area contributed by atoms with Gasteiger partial charge in [-0.25, -0.2) is 4.99 Å². The highest BCUT2D eigenvalue weighted by Gasteiger charge is 2.38. The fourth-order valence-corrected chi connectivity index (χ4v) is 4.27. The molecular formula is C20H35N5O. The van der Waals surface area contributed by atoms with Gasteiger partial charge < -0.3 is 19.9 Å². The van der Waals surface area contributed by atoms with Crippen LogP contribution in [0.1, 0.15) is 44.6 Å². The molecule has 26 heavy (non-hydrogen) atoms. The average molecular weight is 362 g/mol. The molecule has 0 atom stereocenters. The van der Waals surface area contributed by atoms with Gasteiger partial charge in [-0.15, -0.1) is 0 Å². The zero-order valence-corrected chi connectivity index (χ0v) is 16.5. The summed E-state index contributed by atoms with van der Waals surface area (Å²) in [6.07, 6.45) is 10.8. The Labute approximate surface area is 158 Å². The van der Waals surface area contributed by atoms with Crippen molar-refractivity contribution in [1.29, 1.82) is 0 Å². The van der Waals surface area contributed by atoms with E-state index in [4.69, 9.17) is 9.73 Å². The second-order valence-corrected chi connectivity index (χ2v) is 7.62. The van der Waals surface area contributed by atoms with Crippen LogP contribution < -0.4 is 10.6 Å². The summed E-state index contributed by atoms with van der Waals surface area (Å²) in [7, 11) is 2.05. The third kappa shape index (κ3) is 5.01. The van der Waals surface area contributed by atoms with E-state index in [9.17, 15) is 0 Å². The summed E-state index contributed by atoms with van der Waals surface area (Å²) in [6.45, 7) is 8.52. The van der Waals surface area contributed by atoms with Crippen LogP contribution in [0.25, 0.3) is 0 Å². The molecule has 146 valence electrons. The predicted octanol–water partition coefficient (Wildman–Crippen LogP) is 2.12. The number of aromatic nitrogens is 1. The van der Waals surface area contributed by atoms with Crippen LogP contribution in [0.15, 0.2) is 23.5 Å². The quantitative estimate of drug-likeness (QED) is 0.602. The van der Waals surface area contributed by atoms with Gasteiger partial charge in [-0.1, -0.05) is 19.3 Å². The van der Waals surface area contributed by atoms with Crippen molar-refractivity contribution >= 4 is 5.96 Å². The second kappa shape index (κ2) is 9.42. The Morgan fingerprint density at radius 1 is 1.19 bits per heavy atom. The third-order valence-electron chi connectivity index (χ3n) is 5.71. The molecule has 6 nitrogen and oxygen atoms in total. The zero-order valence-electron chi connectivity index (χ0n) is 16.5. The van der Waals surface area contributed by atoms with Crippen LogP contribution in [-0.2, 0) is 18.3 Å². The number of nitrogens with zero attached hydrogens (tertiary/aromatic N) is 3. The first-order valence-electron chi connectivity index (χ1n) is 10.2. The molecule has 0 unspecified atom stereocenters. The number of nitrogens with one attached hydrogen (secondary N) is 2. The van der Waals surface area contributed by atoms with Gasteiger partial charge in [0.1, 0.15) is 0 Å². The van der Waals surface area contributed by atoms with Crippen molar-refractivity contribution in [2.24, 2.45) is 12.0 Å². The van der Waals surface area contributed by atoms with Crippen LogP contribution in [-0.4, -0.2) is 60.4 Å². The van der Waals surface area contributed by atoms with Crippen LogP contribution in [0, 0.1) is 0 Å². The molecule has 0 bridgehead atoms. The SMILES string of the molecule is CCNC(=NCc1ccn(C)c1)NCC1(N2CCOCC2)CCCCC1. The number of hydrogen-bond donors (Lipinski definition) is 2. The number of aryl methyl sites for hydroxylation is 1. The Balaban J connectivity index is 1.64. The molecular weight excluding hydrogens is 326 g/mol. The van der Waals surface area contributed by atoms with Crippen molar-refractivity contribution in [3.05, 3.63) is 24.0 Å². The number of rotatable bonds is 6. The van der Waals surface area contributed by atoms with E-state index in [1.807, 2.05) is 7.05 Å². The van der Waals surface area contributed by atoms with Gasteiger partial charge in [0.2, 0.25) is 0 Å². The first kappa shape index (κ1) is 19.2. The highest BCUT2D eigenvalue weighted by molar-refractivity contribution is 5.79. The lowest BCUT2D eigenvalue weighted by atomic mass is 9.80. The van der Waals surface area contributed by atoms with Crippen molar-refractivity contribution in [2.45, 2.75) is 51.1 Å². The van der Waals surface area contributed by atoms with E-state index in [1.165, 1.54) is 37.7 Å². The first-order chi connectivity index (χ1) is 12.7. The monoisotopic (exact) mass is 361 g/mol. The maximum Gasteiger partial charge on any atom is 0.191 e. The molecule has 0 spiro atoms. The van der Waals surface area contributed by atoms with Gasteiger partial charge >= 0.3 is 0 Å². The maximum absolute atomic E-state index is 5.59. The lowest BCUT2D eigenvalue weighted by molar-refractivity contribution is -0.0352. The van der Waals surface area contributed by atoms with Gasteiger partial charge in [0.05, 0.1) is 19.8 Å². The van der Waals surface area contributed by atoms with Gasteiger partial charge in [-0.3, -0.25) is 4.90 Å². The minimum absolute atomic E-state index is 0.255. The highest BCUT2D eigenvalue weighted by Crippen LogP contribution is 2.33. The average Bonchev–Trinajstić information content (AvgIpc) is 3.11. The lowest BCUT2D eigenvalue weighted by Crippen LogP contribution is -2.60. The molecule has 2 aliphatic rings. The molecule has 1 aromatic rings. The molecule has 1 aromatic heterocycles. The molecule has 6 heteroatoms. The smallest absolute Gasteiger partial charge is 0.191 e. The lowest BCUT2D eigenvalue weighted by Gasteiger charge is -2.48. The minimum atomic E-state index is 0.255. The standard InChI is InChI=1S/C20H35N5O/c1-3-21-19(22-15-18-7-10-24(2)16-18)23-17-20(8-5-4-6-9-20)25-11-13-26-14-12-25/h7,10,16H,3-6,8-9,11-15,17H2,1-2H3,(H2,21,22,23). The summed E-state index contributed by atoms with van der Waals surface area (Å²) in [5, 5.41) is 7.06. The van der Waals surface area contributed by atoms with E-state index >= 15 is 0 Å². The fourth-order valence-electron chi connectivity index (χ4n) is 4.27. The van der Waals surface area contributed by atoms with E-state index in [1.54, 1.807) is 0 Å². The van der Waals surface area contributed by atoms with Crippen molar-refractivity contribution in [3.63, 3.8) is 0 Å². The van der Waals surface area contributed by atoms with E-state index in [-0.39, 0.29) is 5.54 Å². The van der Waals surface area contributed by atoms with Crippen molar-refractivity contribution in [1.82, 2.24) is 20.1 Å². The molecule has 1 saturated carbocycles. The molecule has 2 heterocycles. The summed E-state index contributed by atoms with van der Waals surface area (Å²) in [5.74, 6) is 0.926. The molecule has 2 N–H and O–H groups in total. The fraction of sp³-hybridized carbons (Fsp3) is 0.750. The van der Waals surface area contributed by atoms with Crippen molar-refractivity contribution in [2.75, 3.05) is 39.4 Å². The predicted molar refractivity (Wildman–Crippen MR) is 106 cm³/mol. The Hall–Kier alpha value is -1.53. The molecule has 0 aromatic carbocycles. The molecule has 3 rings (SSSR count). The minimum Gasteiger partial charge on any atom is -0.379 e. The van der Waals surface area contributed by atoms with Gasteiger partial charge in [0.15, 0.2) is 5.96 Å².